The third-order valence-corrected chi connectivity index (χ3v) is 9.48. The molecule has 0 aliphatic carbocycles. The van der Waals surface area contributed by atoms with Gasteiger partial charge in [-0.25, -0.2) is 13.4 Å². The lowest BCUT2D eigenvalue weighted by atomic mass is 9.98. The molecule has 8 nitrogen and oxygen atoms in total. The van der Waals surface area contributed by atoms with Gasteiger partial charge in [-0.15, -0.1) is 11.3 Å². The molecule has 1 aromatic carbocycles. The molecule has 0 N–H and O–H groups in total. The number of sulfonamides is 1. The maximum atomic E-state index is 13.1. The number of rotatable bonds is 5. The van der Waals surface area contributed by atoms with E-state index in [2.05, 4.69) is 6.07 Å². The Hall–Kier alpha value is -2.56. The fourth-order valence-corrected chi connectivity index (χ4v) is 7.21. The van der Waals surface area contributed by atoms with E-state index >= 15 is 0 Å². The van der Waals surface area contributed by atoms with Crippen LogP contribution in [0, 0.1) is 0 Å². The number of pyridine rings is 1. The second kappa shape index (κ2) is 9.00. The predicted molar refractivity (Wildman–Crippen MR) is 127 cm³/mol. The number of likely N-dealkylation sites (tertiary alicyclic amines) is 1. The molecule has 2 aliphatic heterocycles. The highest BCUT2D eigenvalue weighted by atomic mass is 32.2. The third-order valence-electron chi connectivity index (χ3n) is 6.40. The molecule has 1 amide bonds. The summed E-state index contributed by atoms with van der Waals surface area (Å²) in [5.41, 5.74) is 0.590. The SMILES string of the molecule is O=C(Cn1cc(S(=O)(=O)N2CCCC2)ccc1=O)N1CCC[C@H](c2nc3ccccc3s2)C1. The highest BCUT2D eigenvalue weighted by Crippen LogP contribution is 2.33. The van der Waals surface area contributed by atoms with Gasteiger partial charge < -0.3 is 9.47 Å². The molecule has 0 radical (unpaired) electrons. The molecule has 1 atom stereocenters. The van der Waals surface area contributed by atoms with E-state index in [1.54, 1.807) is 16.2 Å². The normalized spacial score (nSPS) is 19.9. The van der Waals surface area contributed by atoms with Gasteiger partial charge in [0.25, 0.3) is 5.56 Å². The Morgan fingerprint density at radius 3 is 2.64 bits per heavy atom. The Labute approximate surface area is 196 Å². The molecule has 10 heteroatoms. The van der Waals surface area contributed by atoms with Gasteiger partial charge in [0.15, 0.2) is 0 Å². The molecular formula is C23H26N4O4S2. The standard InChI is InChI=1S/C23H26N4O4S2/c28-21-10-9-18(33(30,31)27-12-3-4-13-27)15-26(21)16-22(29)25-11-5-6-17(14-25)23-24-19-7-1-2-8-20(19)32-23/h1-2,7-10,15,17H,3-6,11-14,16H2/t17-/m0/s1. The van der Waals surface area contributed by atoms with Gasteiger partial charge in [0.05, 0.1) is 20.1 Å². The van der Waals surface area contributed by atoms with Crippen LogP contribution >= 0.6 is 11.3 Å². The molecule has 2 saturated heterocycles. The average molecular weight is 487 g/mol. The largest absolute Gasteiger partial charge is 0.340 e. The van der Waals surface area contributed by atoms with Crippen molar-refractivity contribution in [3.8, 4) is 0 Å². The van der Waals surface area contributed by atoms with Crippen molar-refractivity contribution < 1.29 is 13.2 Å². The van der Waals surface area contributed by atoms with Crippen LogP contribution in [0.2, 0.25) is 0 Å². The van der Waals surface area contributed by atoms with Crippen molar-refractivity contribution in [3.63, 3.8) is 0 Å². The van der Waals surface area contributed by atoms with Crippen molar-refractivity contribution in [3.05, 3.63) is 58.0 Å². The van der Waals surface area contributed by atoms with Crippen molar-refractivity contribution in [1.29, 1.82) is 0 Å². The number of para-hydroxylation sites is 1. The van der Waals surface area contributed by atoms with Crippen molar-refractivity contribution >= 4 is 37.5 Å². The Morgan fingerprint density at radius 1 is 1.06 bits per heavy atom. The summed E-state index contributed by atoms with van der Waals surface area (Å²) in [5, 5.41) is 1.03. The molecule has 174 valence electrons. The monoisotopic (exact) mass is 486 g/mol. The van der Waals surface area contributed by atoms with Gasteiger partial charge in [0.1, 0.15) is 6.54 Å². The summed E-state index contributed by atoms with van der Waals surface area (Å²) in [7, 11) is -3.65. The van der Waals surface area contributed by atoms with E-state index in [-0.39, 0.29) is 28.8 Å². The summed E-state index contributed by atoms with van der Waals surface area (Å²) in [5.74, 6) is -0.0164. The molecular weight excluding hydrogens is 460 g/mol. The molecule has 0 bridgehead atoms. The highest BCUT2D eigenvalue weighted by molar-refractivity contribution is 7.89. The zero-order valence-electron chi connectivity index (χ0n) is 18.2. The fraction of sp³-hybridized carbons (Fsp3) is 0.435. The number of hydrogen-bond donors (Lipinski definition) is 0. The quantitative estimate of drug-likeness (QED) is 0.553. The summed E-state index contributed by atoms with van der Waals surface area (Å²) in [4.78, 5) is 32.1. The molecule has 0 spiro atoms. The zero-order valence-corrected chi connectivity index (χ0v) is 19.9. The number of carbonyl (C=O) groups excluding carboxylic acids is 1. The van der Waals surface area contributed by atoms with E-state index in [0.29, 0.717) is 26.2 Å². The maximum absolute atomic E-state index is 13.1. The maximum Gasteiger partial charge on any atom is 0.251 e. The summed E-state index contributed by atoms with van der Waals surface area (Å²) in [6, 6.07) is 10.6. The molecule has 5 rings (SSSR count). The minimum absolute atomic E-state index is 0.0581. The Balaban J connectivity index is 1.32. The molecule has 2 aromatic heterocycles. The number of amides is 1. The number of fused-ring (bicyclic) bond motifs is 1. The summed E-state index contributed by atoms with van der Waals surface area (Å²) in [6.45, 7) is 1.98. The first kappa shape index (κ1) is 22.2. The minimum Gasteiger partial charge on any atom is -0.340 e. The predicted octanol–water partition coefficient (Wildman–Crippen LogP) is 2.65. The average Bonchev–Trinajstić information content (AvgIpc) is 3.51. The number of hydrogen-bond acceptors (Lipinski definition) is 6. The second-order valence-electron chi connectivity index (χ2n) is 8.64. The van der Waals surface area contributed by atoms with E-state index in [4.69, 9.17) is 4.98 Å². The van der Waals surface area contributed by atoms with E-state index in [1.807, 2.05) is 18.2 Å². The molecule has 2 aliphatic rings. The van der Waals surface area contributed by atoms with Gasteiger partial charge in [-0.2, -0.15) is 4.31 Å². The van der Waals surface area contributed by atoms with Crippen LogP contribution in [0.1, 0.15) is 36.6 Å². The number of benzene rings is 1. The zero-order chi connectivity index (χ0) is 23.0. The third kappa shape index (κ3) is 4.47. The van der Waals surface area contributed by atoms with Crippen molar-refractivity contribution in [2.75, 3.05) is 26.2 Å². The smallest absolute Gasteiger partial charge is 0.251 e. The molecule has 3 aromatic rings. The van der Waals surface area contributed by atoms with Crippen molar-refractivity contribution in [2.45, 2.75) is 43.0 Å². The Kier molecular flexibility index (Phi) is 6.07. The minimum atomic E-state index is -3.65. The first-order valence-corrected chi connectivity index (χ1v) is 13.5. The van der Waals surface area contributed by atoms with Gasteiger partial charge in [0, 0.05) is 44.4 Å². The lowest BCUT2D eigenvalue weighted by molar-refractivity contribution is -0.133. The number of thiazole rings is 1. The van der Waals surface area contributed by atoms with Crippen LogP contribution in [-0.4, -0.2) is 59.3 Å². The summed E-state index contributed by atoms with van der Waals surface area (Å²) in [6.07, 6.45) is 4.81. The molecule has 0 unspecified atom stereocenters. The summed E-state index contributed by atoms with van der Waals surface area (Å²) < 4.78 is 29.5. The van der Waals surface area contributed by atoms with E-state index < -0.39 is 10.0 Å². The molecule has 2 fully saturated rings. The van der Waals surface area contributed by atoms with Crippen molar-refractivity contribution in [2.24, 2.45) is 0 Å². The van der Waals surface area contributed by atoms with Crippen LogP contribution in [0.5, 0.6) is 0 Å². The van der Waals surface area contributed by atoms with Crippen molar-refractivity contribution in [1.82, 2.24) is 18.8 Å². The molecule has 33 heavy (non-hydrogen) atoms. The Morgan fingerprint density at radius 2 is 1.85 bits per heavy atom. The van der Waals surface area contributed by atoms with Crippen LogP contribution in [0.4, 0.5) is 0 Å². The van der Waals surface area contributed by atoms with Crippen LogP contribution in [-0.2, 0) is 21.4 Å². The number of carbonyl (C=O) groups is 1. The van der Waals surface area contributed by atoms with Crippen LogP contribution in [0.15, 0.2) is 52.3 Å². The number of piperidine rings is 1. The molecule has 4 heterocycles. The van der Waals surface area contributed by atoms with Gasteiger partial charge in [-0.1, -0.05) is 12.1 Å². The van der Waals surface area contributed by atoms with E-state index in [9.17, 15) is 18.0 Å². The first-order chi connectivity index (χ1) is 15.9. The van der Waals surface area contributed by atoms with Gasteiger partial charge in [-0.3, -0.25) is 9.59 Å². The fourth-order valence-electron chi connectivity index (χ4n) is 4.58. The highest BCUT2D eigenvalue weighted by Gasteiger charge is 2.29. The van der Waals surface area contributed by atoms with Gasteiger partial charge >= 0.3 is 0 Å². The number of aromatic nitrogens is 2. The number of nitrogens with zero attached hydrogens (tertiary/aromatic N) is 4. The van der Waals surface area contributed by atoms with Crippen LogP contribution < -0.4 is 5.56 Å². The van der Waals surface area contributed by atoms with E-state index in [0.717, 1.165) is 40.9 Å². The Bertz CT molecular complexity index is 1310. The first-order valence-electron chi connectivity index (χ1n) is 11.3. The topological polar surface area (TPSA) is 92.6 Å². The van der Waals surface area contributed by atoms with E-state index in [1.165, 1.54) is 27.2 Å². The molecule has 0 saturated carbocycles. The summed E-state index contributed by atoms with van der Waals surface area (Å²) >= 11 is 1.67. The van der Waals surface area contributed by atoms with Gasteiger partial charge in [0.2, 0.25) is 15.9 Å². The lowest BCUT2D eigenvalue weighted by Gasteiger charge is -2.32. The second-order valence-corrected chi connectivity index (χ2v) is 11.6. The van der Waals surface area contributed by atoms with Crippen LogP contribution in [0.3, 0.4) is 0 Å². The lowest BCUT2D eigenvalue weighted by Crippen LogP contribution is -2.42. The van der Waals surface area contributed by atoms with Crippen LogP contribution in [0.25, 0.3) is 10.2 Å². The van der Waals surface area contributed by atoms with Gasteiger partial charge in [-0.05, 0) is 43.9 Å².